The Morgan fingerprint density at radius 3 is 2.33 bits per heavy atom. The third-order valence-corrected chi connectivity index (χ3v) is 3.33. The van der Waals surface area contributed by atoms with Gasteiger partial charge in [-0.2, -0.15) is 0 Å². The van der Waals surface area contributed by atoms with E-state index >= 15 is 0 Å². The Labute approximate surface area is 126 Å². The summed E-state index contributed by atoms with van der Waals surface area (Å²) in [5, 5.41) is 2.93. The van der Waals surface area contributed by atoms with Crippen molar-refractivity contribution in [2.75, 3.05) is 14.2 Å². The monoisotopic (exact) mass is 294 g/mol. The molecule has 2 atom stereocenters. The van der Waals surface area contributed by atoms with Crippen molar-refractivity contribution in [2.24, 2.45) is 11.7 Å². The van der Waals surface area contributed by atoms with Crippen molar-refractivity contribution >= 4 is 5.91 Å². The number of hydrogen-bond donors (Lipinski definition) is 2. The van der Waals surface area contributed by atoms with Crippen molar-refractivity contribution in [1.82, 2.24) is 5.32 Å². The van der Waals surface area contributed by atoms with E-state index in [2.05, 4.69) is 5.32 Å². The summed E-state index contributed by atoms with van der Waals surface area (Å²) in [5.74, 6) is 1.56. The molecule has 1 amide bonds. The summed E-state index contributed by atoms with van der Waals surface area (Å²) < 4.78 is 10.5. The number of ether oxygens (including phenoxy) is 2. The first-order valence-electron chi connectivity index (χ1n) is 7.16. The van der Waals surface area contributed by atoms with E-state index in [0.29, 0.717) is 23.8 Å². The molecule has 0 fully saturated rings. The molecular formula is C16H26N2O3. The van der Waals surface area contributed by atoms with Gasteiger partial charge in [-0.1, -0.05) is 19.9 Å². The van der Waals surface area contributed by atoms with Crippen LogP contribution >= 0.6 is 0 Å². The van der Waals surface area contributed by atoms with Gasteiger partial charge in [0.05, 0.1) is 26.3 Å². The number of carbonyl (C=O) groups excluding carboxylic acids is 1. The van der Waals surface area contributed by atoms with E-state index in [0.717, 1.165) is 5.56 Å². The third-order valence-electron chi connectivity index (χ3n) is 3.33. The molecule has 0 bridgehead atoms. The lowest BCUT2D eigenvalue weighted by Crippen LogP contribution is -2.42. The minimum absolute atomic E-state index is 0.133. The number of methoxy groups -OCH3 is 2. The molecule has 0 spiro atoms. The zero-order chi connectivity index (χ0) is 16.0. The molecule has 0 saturated heterocycles. The first kappa shape index (κ1) is 17.3. The fourth-order valence-electron chi connectivity index (χ4n) is 2.14. The highest BCUT2D eigenvalue weighted by atomic mass is 16.5. The van der Waals surface area contributed by atoms with Crippen LogP contribution in [0.3, 0.4) is 0 Å². The van der Waals surface area contributed by atoms with Gasteiger partial charge in [0.1, 0.15) is 0 Å². The second-order valence-corrected chi connectivity index (χ2v) is 5.58. The lowest BCUT2D eigenvalue weighted by molar-refractivity contribution is -0.123. The van der Waals surface area contributed by atoms with E-state index in [1.54, 1.807) is 14.2 Å². The minimum atomic E-state index is -0.479. The third kappa shape index (κ3) is 4.93. The van der Waals surface area contributed by atoms with Crippen molar-refractivity contribution in [3.63, 3.8) is 0 Å². The fourth-order valence-corrected chi connectivity index (χ4v) is 2.14. The molecule has 0 aliphatic carbocycles. The van der Waals surface area contributed by atoms with E-state index in [9.17, 15) is 4.79 Å². The molecule has 0 aromatic heterocycles. The predicted octanol–water partition coefficient (Wildman–Crippen LogP) is 2.25. The van der Waals surface area contributed by atoms with E-state index in [1.807, 2.05) is 39.0 Å². The van der Waals surface area contributed by atoms with Crippen molar-refractivity contribution in [2.45, 2.75) is 39.3 Å². The van der Waals surface area contributed by atoms with Crippen LogP contribution in [-0.4, -0.2) is 26.2 Å². The van der Waals surface area contributed by atoms with Gasteiger partial charge in [-0.25, -0.2) is 0 Å². The zero-order valence-electron chi connectivity index (χ0n) is 13.5. The van der Waals surface area contributed by atoms with Gasteiger partial charge in [0.15, 0.2) is 11.5 Å². The Balaban J connectivity index is 2.75. The molecule has 1 unspecified atom stereocenters. The van der Waals surface area contributed by atoms with Crippen molar-refractivity contribution in [1.29, 1.82) is 0 Å². The molecule has 0 aliphatic heterocycles. The van der Waals surface area contributed by atoms with Gasteiger partial charge in [-0.15, -0.1) is 0 Å². The largest absolute Gasteiger partial charge is 0.493 e. The topological polar surface area (TPSA) is 73.6 Å². The molecule has 1 aromatic rings. The number of carbonyl (C=O) groups is 1. The first-order valence-corrected chi connectivity index (χ1v) is 7.16. The van der Waals surface area contributed by atoms with Crippen LogP contribution in [0.5, 0.6) is 11.5 Å². The second-order valence-electron chi connectivity index (χ2n) is 5.58. The number of rotatable bonds is 7. The molecule has 0 aliphatic rings. The Morgan fingerprint density at radius 2 is 1.81 bits per heavy atom. The lowest BCUT2D eigenvalue weighted by Gasteiger charge is -2.20. The van der Waals surface area contributed by atoms with Crippen LogP contribution in [0.25, 0.3) is 0 Å². The Morgan fingerprint density at radius 1 is 1.19 bits per heavy atom. The summed E-state index contributed by atoms with van der Waals surface area (Å²) in [7, 11) is 3.18. The summed E-state index contributed by atoms with van der Waals surface area (Å²) in [6.45, 7) is 6.01. The van der Waals surface area contributed by atoms with E-state index in [1.165, 1.54) is 0 Å². The smallest absolute Gasteiger partial charge is 0.237 e. The summed E-state index contributed by atoms with van der Waals surface area (Å²) in [6, 6.07) is 4.96. The van der Waals surface area contributed by atoms with Crippen molar-refractivity contribution < 1.29 is 14.3 Å². The maximum Gasteiger partial charge on any atom is 0.237 e. The molecule has 0 radical (unpaired) electrons. The highest BCUT2D eigenvalue weighted by molar-refractivity contribution is 5.81. The maximum absolute atomic E-state index is 12.0. The Bertz CT molecular complexity index is 475. The van der Waals surface area contributed by atoms with Crippen LogP contribution < -0.4 is 20.5 Å². The van der Waals surface area contributed by atoms with Crippen LogP contribution in [0.4, 0.5) is 0 Å². The second kappa shape index (κ2) is 7.88. The van der Waals surface area contributed by atoms with Gasteiger partial charge in [-0.3, -0.25) is 4.79 Å². The van der Waals surface area contributed by atoms with Gasteiger partial charge in [0.25, 0.3) is 0 Å². The normalized spacial score (nSPS) is 13.7. The Kier molecular flexibility index (Phi) is 6.49. The molecule has 0 heterocycles. The highest BCUT2D eigenvalue weighted by Gasteiger charge is 2.18. The minimum Gasteiger partial charge on any atom is -0.493 e. The number of benzene rings is 1. The van der Waals surface area contributed by atoms with Gasteiger partial charge in [-0.05, 0) is 37.0 Å². The van der Waals surface area contributed by atoms with Gasteiger partial charge in [0.2, 0.25) is 5.91 Å². The molecule has 21 heavy (non-hydrogen) atoms. The summed E-state index contributed by atoms with van der Waals surface area (Å²) in [5.41, 5.74) is 6.83. The average molecular weight is 294 g/mol. The zero-order valence-corrected chi connectivity index (χ0v) is 13.5. The molecule has 3 N–H and O–H groups in total. The first-order chi connectivity index (χ1) is 9.88. The maximum atomic E-state index is 12.0. The number of amides is 1. The quantitative estimate of drug-likeness (QED) is 0.809. The number of hydrogen-bond acceptors (Lipinski definition) is 4. The summed E-state index contributed by atoms with van der Waals surface area (Å²) in [4.78, 5) is 12.0. The summed E-state index contributed by atoms with van der Waals surface area (Å²) in [6.07, 6.45) is 0.671. The van der Waals surface area contributed by atoms with E-state index < -0.39 is 6.04 Å². The molecule has 1 rings (SSSR count). The van der Waals surface area contributed by atoms with Gasteiger partial charge < -0.3 is 20.5 Å². The SMILES string of the molecule is COc1ccc(C(C)NC(=O)[C@@H](N)CC(C)C)cc1OC. The van der Waals surface area contributed by atoms with Crippen LogP contribution in [0.1, 0.15) is 38.8 Å². The molecule has 0 saturated carbocycles. The molecule has 5 nitrogen and oxygen atoms in total. The van der Waals surface area contributed by atoms with Crippen molar-refractivity contribution in [3.05, 3.63) is 23.8 Å². The highest BCUT2D eigenvalue weighted by Crippen LogP contribution is 2.29. The molecular weight excluding hydrogens is 268 g/mol. The standard InChI is InChI=1S/C16H26N2O3/c1-10(2)8-13(17)16(19)18-11(3)12-6-7-14(20-4)15(9-12)21-5/h6-7,9-11,13H,8,17H2,1-5H3,(H,18,19)/t11?,13-/m0/s1. The van der Waals surface area contributed by atoms with Gasteiger partial charge >= 0.3 is 0 Å². The van der Waals surface area contributed by atoms with Crippen molar-refractivity contribution in [3.8, 4) is 11.5 Å². The van der Waals surface area contributed by atoms with E-state index in [4.69, 9.17) is 15.2 Å². The number of nitrogens with two attached hydrogens (primary N) is 1. The van der Waals surface area contributed by atoms with E-state index in [-0.39, 0.29) is 11.9 Å². The summed E-state index contributed by atoms with van der Waals surface area (Å²) >= 11 is 0. The molecule has 5 heteroatoms. The van der Waals surface area contributed by atoms with Crippen LogP contribution in [0.15, 0.2) is 18.2 Å². The fraction of sp³-hybridized carbons (Fsp3) is 0.562. The molecule has 1 aromatic carbocycles. The Hall–Kier alpha value is -1.75. The predicted molar refractivity (Wildman–Crippen MR) is 83.5 cm³/mol. The van der Waals surface area contributed by atoms with Crippen LogP contribution in [0.2, 0.25) is 0 Å². The van der Waals surface area contributed by atoms with Crippen LogP contribution in [0, 0.1) is 5.92 Å². The average Bonchev–Trinajstić information content (AvgIpc) is 2.45. The molecule has 118 valence electrons. The number of nitrogens with one attached hydrogen (secondary N) is 1. The van der Waals surface area contributed by atoms with Gasteiger partial charge in [0, 0.05) is 0 Å². The van der Waals surface area contributed by atoms with Crippen LogP contribution in [-0.2, 0) is 4.79 Å². The lowest BCUT2D eigenvalue weighted by atomic mass is 10.0.